The number of anilines is 3. The van der Waals surface area contributed by atoms with Gasteiger partial charge in [0.2, 0.25) is 17.7 Å². The van der Waals surface area contributed by atoms with E-state index in [1.165, 1.54) is 0 Å². The number of thiophene rings is 3. The Kier molecular flexibility index (Phi) is 32.2. The molecule has 6 aliphatic rings. The molecule has 0 aromatic carbocycles. The van der Waals surface area contributed by atoms with E-state index in [1.54, 1.807) is 32.9 Å². The van der Waals surface area contributed by atoms with Crippen LogP contribution in [0.1, 0.15) is 295 Å². The van der Waals surface area contributed by atoms with Crippen LogP contribution in [0.25, 0.3) is 0 Å². The maximum absolute atomic E-state index is 14.0. The highest BCUT2D eigenvalue weighted by Gasteiger charge is 2.43. The normalized spacial score (nSPS) is 25.0. The van der Waals surface area contributed by atoms with Gasteiger partial charge in [-0.3, -0.25) is 28.5 Å². The maximum atomic E-state index is 14.0. The number of phosphoric ester groups is 1. The molecule has 3 aromatic rings. The molecule has 6 aliphatic carbocycles. The van der Waals surface area contributed by atoms with Crippen LogP contribution < -0.4 is 26.2 Å². The van der Waals surface area contributed by atoms with Crippen LogP contribution in [0.15, 0.2) is 18.2 Å². The van der Waals surface area contributed by atoms with E-state index in [-0.39, 0.29) is 115 Å². The maximum Gasteiger partial charge on any atom is 0.469 e. The van der Waals surface area contributed by atoms with Gasteiger partial charge in [-0.15, -0.1) is 34.0 Å². The number of nitrogens with zero attached hydrogens (tertiary/aromatic N) is 3. The summed E-state index contributed by atoms with van der Waals surface area (Å²) < 4.78 is 27.3. The Morgan fingerprint density at radius 3 is 0.972 bits per heavy atom. The number of amides is 3. The number of hydrogen-bond acceptors (Lipinski definition) is 17. The Labute approximate surface area is 651 Å². The molecule has 22 nitrogen and oxygen atoms in total. The Hall–Kier alpha value is -6.43. The fourth-order valence-electron chi connectivity index (χ4n) is 14.9. The van der Waals surface area contributed by atoms with Crippen molar-refractivity contribution in [2.45, 2.75) is 294 Å². The van der Waals surface area contributed by atoms with E-state index >= 15 is 0 Å². The van der Waals surface area contributed by atoms with Crippen molar-refractivity contribution in [2.24, 2.45) is 69.1 Å². The molecule has 9 rings (SSSR count). The molecular formula is C82H118N5O17PS3. The average molecular weight is 1570 g/mol. The molecule has 0 bridgehead atoms. The Morgan fingerprint density at radius 2 is 0.731 bits per heavy atom. The van der Waals surface area contributed by atoms with Gasteiger partial charge in [0.15, 0.2) is 0 Å². The second kappa shape index (κ2) is 39.2. The number of carbonyl (C=O) groups is 8. The first-order chi connectivity index (χ1) is 50.5. The summed E-state index contributed by atoms with van der Waals surface area (Å²) in [6.07, 6.45) is 16.4. The summed E-state index contributed by atoms with van der Waals surface area (Å²) in [5, 5.41) is 30.0. The fraction of sp³-hybridized carbons (Fsp3) is 0.683. The monoisotopic (exact) mass is 1570 g/mol. The molecule has 3 aromatic heterocycles. The third-order valence-corrected chi connectivity index (χ3v) is 24.7. The Morgan fingerprint density at radius 1 is 0.463 bits per heavy atom. The molecule has 0 radical (unpaired) electrons. The molecule has 3 amide bonds. The van der Waals surface area contributed by atoms with Gasteiger partial charge in [-0.25, -0.2) is 18.9 Å². The first-order valence-corrected chi connectivity index (χ1v) is 42.8. The summed E-state index contributed by atoms with van der Waals surface area (Å²) in [6.45, 7) is 28.2. The summed E-state index contributed by atoms with van der Waals surface area (Å²) in [4.78, 5) is 128. The molecule has 6 fully saturated rings. The van der Waals surface area contributed by atoms with Crippen molar-refractivity contribution in [1.29, 1.82) is 0 Å². The molecule has 9 N–H and O–H groups in total. The molecule has 1 atom stereocenters. The highest BCUT2D eigenvalue weighted by Crippen LogP contribution is 2.46. The number of nitrogens with two attached hydrogens (primary N) is 2. The zero-order valence-corrected chi connectivity index (χ0v) is 69.1. The molecule has 0 spiro atoms. The Bertz CT molecular complexity index is 3860. The van der Waals surface area contributed by atoms with Crippen LogP contribution in [-0.4, -0.2) is 122 Å². The van der Waals surface area contributed by atoms with Crippen LogP contribution in [-0.2, 0) is 42.5 Å². The molecular weight excluding hydrogens is 1450 g/mol. The van der Waals surface area contributed by atoms with Gasteiger partial charge in [0, 0.05) is 52.1 Å². The quantitative estimate of drug-likeness (QED) is 0.0333. The van der Waals surface area contributed by atoms with Crippen molar-refractivity contribution in [1.82, 2.24) is 0 Å². The van der Waals surface area contributed by atoms with Crippen molar-refractivity contribution in [3.05, 3.63) is 47.5 Å². The number of carboxylic acid groups (broad SMARTS) is 3. The number of aromatic carboxylic acids is 3. The fourth-order valence-corrected chi connectivity index (χ4v) is 18.0. The standard InChI is InChI=1S/C30H44N2O5S.C27H38N2O5S.C25H36NO7PS/c1-18(2)25(31)29(36)37-22-13-11-21(12-14-22)32(27(33)20-9-7-19(3)8-10-20)24-17-23(15-16-30(4,5)6)38-26(24)28(34)35;1-17-5-7-18(8-6-17)25(31)29(19-9-11-20(12-10-19)34-23(30)16-28)22-15-21(13-14-27(2,3)4)35-24(22)26(32)33;1-16-5-7-17(8-6-16)23(27)26(18-9-11-19(12-10-18)33-34(30,31)32)21-15-20(13-14-25(2,3)4)35-22(21)24(28)29/h17-22,25H,7-14,31H2,1-6H3,(H,34,35);15,17-20H,5-12,16,28H2,1-4H3,(H,32,33);15-19H,5-12H2,1-4H3,(H,28,29)(H2,30,31,32)/t19?,20?,21?,22?,25-;;/m0../s1. The number of rotatable bonds is 19. The Balaban J connectivity index is 0.000000226. The first kappa shape index (κ1) is 88.8. The summed E-state index contributed by atoms with van der Waals surface area (Å²) in [5.41, 5.74) is 11.9. The third-order valence-electron chi connectivity index (χ3n) is 21.0. The zero-order valence-electron chi connectivity index (χ0n) is 65.8. The number of ether oxygens (including phenoxy) is 2. The van der Waals surface area contributed by atoms with E-state index < -0.39 is 43.8 Å². The minimum Gasteiger partial charge on any atom is -0.477 e. The zero-order chi connectivity index (χ0) is 79.9. The molecule has 26 heteroatoms. The van der Waals surface area contributed by atoms with Gasteiger partial charge in [-0.1, -0.05) is 70.1 Å². The van der Waals surface area contributed by atoms with Crippen LogP contribution in [0.4, 0.5) is 17.1 Å². The highest BCUT2D eigenvalue weighted by molar-refractivity contribution is 7.46. The van der Waals surface area contributed by atoms with E-state index in [9.17, 15) is 58.2 Å². The van der Waals surface area contributed by atoms with Gasteiger partial charge in [0.25, 0.3) is 0 Å². The number of phosphoric acid groups is 1. The van der Waals surface area contributed by atoms with E-state index in [2.05, 4.69) is 56.3 Å². The molecule has 0 aliphatic heterocycles. The molecule has 6 saturated carbocycles. The predicted octanol–water partition coefficient (Wildman–Crippen LogP) is 16.1. The van der Waals surface area contributed by atoms with Crippen molar-refractivity contribution in [3.8, 4) is 35.5 Å². The summed E-state index contributed by atoms with van der Waals surface area (Å²) in [5.74, 6) is 16.1. The number of hydrogen-bond donors (Lipinski definition) is 7. The van der Waals surface area contributed by atoms with E-state index in [1.807, 2.05) is 76.2 Å². The topological polar surface area (TPSA) is 344 Å². The van der Waals surface area contributed by atoms with Crippen LogP contribution in [0.5, 0.6) is 0 Å². The molecule has 3 heterocycles. The molecule has 596 valence electrons. The van der Waals surface area contributed by atoms with Crippen molar-refractivity contribution in [2.75, 3.05) is 21.2 Å². The van der Waals surface area contributed by atoms with E-state index in [4.69, 9.17) is 35.3 Å². The van der Waals surface area contributed by atoms with E-state index in [0.717, 1.165) is 111 Å². The number of carboxylic acids is 3. The second-order valence-electron chi connectivity index (χ2n) is 34.2. The molecule has 108 heavy (non-hydrogen) atoms. The van der Waals surface area contributed by atoms with Gasteiger partial charge >= 0.3 is 37.7 Å². The summed E-state index contributed by atoms with van der Waals surface area (Å²) in [6, 6.07) is 4.04. The smallest absolute Gasteiger partial charge is 0.469 e. The third kappa shape index (κ3) is 26.6. The van der Waals surface area contributed by atoms with Gasteiger partial charge in [0.1, 0.15) is 32.9 Å². The lowest BCUT2D eigenvalue weighted by Crippen LogP contribution is -2.48. The number of carbonyl (C=O) groups excluding carboxylic acids is 5. The van der Waals surface area contributed by atoms with Crippen molar-refractivity contribution in [3.63, 3.8) is 0 Å². The second-order valence-corrected chi connectivity index (χ2v) is 38.5. The lowest BCUT2D eigenvalue weighted by atomic mass is 9.81. The van der Waals surface area contributed by atoms with Crippen LogP contribution in [0, 0.1) is 93.2 Å². The lowest BCUT2D eigenvalue weighted by Gasteiger charge is -2.39. The van der Waals surface area contributed by atoms with Gasteiger partial charge in [-0.2, -0.15) is 0 Å². The van der Waals surface area contributed by atoms with Crippen molar-refractivity contribution >= 4 is 106 Å². The SMILES string of the molecule is CC1CCC(C(=O)N(c2cc(C#CC(C)(C)C)sc2C(=O)O)C2CCC(OC(=O)CN)CC2)CC1.CC1CCC(C(=O)N(c2cc(C#CC(C)(C)C)sc2C(=O)O)C2CCC(OC(=O)[C@@H](N)C(C)C)CC2)CC1.CC1CCC(C(=O)N(c2cc(C#CC(C)(C)C)sc2C(=O)O)C2CCC(OP(=O)(O)O)CC2)CC1. The molecule has 0 unspecified atom stereocenters. The summed E-state index contributed by atoms with van der Waals surface area (Å²) in [7, 11) is -4.59. The number of esters is 2. The van der Waals surface area contributed by atoms with Crippen LogP contribution >= 0.6 is 41.8 Å². The minimum absolute atomic E-state index is 0.00577. The van der Waals surface area contributed by atoms with Crippen LogP contribution in [0.3, 0.4) is 0 Å². The van der Waals surface area contributed by atoms with Gasteiger partial charge in [-0.05, 0) is 258 Å². The highest BCUT2D eigenvalue weighted by atomic mass is 32.1. The minimum atomic E-state index is -4.59. The van der Waals surface area contributed by atoms with Gasteiger partial charge in [0.05, 0.1) is 44.3 Å². The first-order valence-electron chi connectivity index (χ1n) is 38.8. The largest absolute Gasteiger partial charge is 0.477 e. The van der Waals surface area contributed by atoms with Gasteiger partial charge < -0.3 is 60.7 Å². The lowest BCUT2D eigenvalue weighted by molar-refractivity contribution is -0.153. The molecule has 0 saturated heterocycles. The predicted molar refractivity (Wildman–Crippen MR) is 424 cm³/mol. The van der Waals surface area contributed by atoms with E-state index in [0.29, 0.717) is 126 Å². The van der Waals surface area contributed by atoms with Crippen molar-refractivity contribution < 1.29 is 82.0 Å². The average Bonchev–Trinajstić information content (AvgIpc) is 1.60. The summed E-state index contributed by atoms with van der Waals surface area (Å²) >= 11 is 3.34. The van der Waals surface area contributed by atoms with Crippen LogP contribution in [0.2, 0.25) is 0 Å².